The number of aryl methyl sites for hydroxylation is 1. The number of hydrogen-bond acceptors (Lipinski definition) is 6. The molecule has 2 aromatic heterocycles. The van der Waals surface area contributed by atoms with Gasteiger partial charge in [0.2, 0.25) is 0 Å². The molecule has 0 saturated heterocycles. The van der Waals surface area contributed by atoms with E-state index in [4.69, 9.17) is 0 Å². The molecular formula is C24H21N7S. The minimum absolute atomic E-state index is 0.0535. The number of tetrazole rings is 1. The largest absolute Gasteiger partial charge is 0.270 e. The average molecular weight is 440 g/mol. The molecular weight excluding hydrogens is 418 g/mol. The fourth-order valence-corrected chi connectivity index (χ4v) is 4.41. The lowest BCUT2D eigenvalue weighted by molar-refractivity contribution is 0.760. The molecule has 8 heteroatoms. The highest BCUT2D eigenvalue weighted by Gasteiger charge is 2.22. The molecule has 32 heavy (non-hydrogen) atoms. The van der Waals surface area contributed by atoms with Crippen molar-refractivity contribution in [3.05, 3.63) is 96.3 Å². The van der Waals surface area contributed by atoms with Gasteiger partial charge in [-0.3, -0.25) is 4.57 Å². The van der Waals surface area contributed by atoms with Crippen molar-refractivity contribution in [1.82, 2.24) is 35.0 Å². The molecule has 0 aliphatic carbocycles. The molecule has 0 spiro atoms. The van der Waals surface area contributed by atoms with Crippen LogP contribution in [0.25, 0.3) is 22.8 Å². The van der Waals surface area contributed by atoms with Crippen LogP contribution in [0.1, 0.15) is 23.6 Å². The van der Waals surface area contributed by atoms with Gasteiger partial charge in [-0.05, 0) is 48.5 Å². The molecule has 5 aromatic rings. The second-order valence-electron chi connectivity index (χ2n) is 7.39. The highest BCUT2D eigenvalue weighted by atomic mass is 32.2. The van der Waals surface area contributed by atoms with Crippen LogP contribution in [0.15, 0.2) is 90.1 Å². The summed E-state index contributed by atoms with van der Waals surface area (Å²) in [6.07, 6.45) is 0. The molecule has 1 unspecified atom stereocenters. The first-order chi connectivity index (χ1) is 15.7. The summed E-state index contributed by atoms with van der Waals surface area (Å²) in [5.41, 5.74) is 4.14. The van der Waals surface area contributed by atoms with Gasteiger partial charge >= 0.3 is 0 Å². The van der Waals surface area contributed by atoms with Gasteiger partial charge in [0, 0.05) is 11.3 Å². The normalized spacial score (nSPS) is 12.1. The van der Waals surface area contributed by atoms with E-state index < -0.39 is 0 Å². The Hall–Kier alpha value is -3.78. The maximum Gasteiger partial charge on any atom is 0.196 e. The van der Waals surface area contributed by atoms with Crippen molar-refractivity contribution in [1.29, 1.82) is 0 Å². The average Bonchev–Trinajstić information content (AvgIpc) is 3.49. The van der Waals surface area contributed by atoms with Gasteiger partial charge in [-0.2, -0.15) is 4.68 Å². The van der Waals surface area contributed by atoms with Gasteiger partial charge in [0.15, 0.2) is 16.8 Å². The predicted octanol–water partition coefficient (Wildman–Crippen LogP) is 5.07. The number of hydrogen-bond donors (Lipinski definition) is 0. The predicted molar refractivity (Wildman–Crippen MR) is 125 cm³/mol. The van der Waals surface area contributed by atoms with E-state index in [0.29, 0.717) is 0 Å². The third kappa shape index (κ3) is 3.92. The zero-order chi connectivity index (χ0) is 21.9. The minimum atomic E-state index is -0.0535. The van der Waals surface area contributed by atoms with Crippen LogP contribution in [0.3, 0.4) is 0 Å². The van der Waals surface area contributed by atoms with Crippen LogP contribution in [0.4, 0.5) is 0 Å². The van der Waals surface area contributed by atoms with Gasteiger partial charge in [-0.1, -0.05) is 78.0 Å². The molecule has 0 radical (unpaired) electrons. The smallest absolute Gasteiger partial charge is 0.196 e. The molecule has 0 N–H and O–H groups in total. The quantitative estimate of drug-likeness (QED) is 0.344. The molecule has 0 bridgehead atoms. The number of benzene rings is 3. The van der Waals surface area contributed by atoms with Gasteiger partial charge in [0.1, 0.15) is 0 Å². The van der Waals surface area contributed by atoms with Crippen LogP contribution in [-0.2, 0) is 0 Å². The lowest BCUT2D eigenvalue weighted by Gasteiger charge is -2.14. The van der Waals surface area contributed by atoms with E-state index in [0.717, 1.165) is 33.7 Å². The Morgan fingerprint density at radius 1 is 0.750 bits per heavy atom. The second-order valence-corrected chi connectivity index (χ2v) is 8.70. The Bertz CT molecular complexity index is 1310. The fourth-order valence-electron chi connectivity index (χ4n) is 3.46. The summed E-state index contributed by atoms with van der Waals surface area (Å²) in [5, 5.41) is 22.2. The first-order valence-electron chi connectivity index (χ1n) is 10.3. The van der Waals surface area contributed by atoms with E-state index in [1.165, 1.54) is 5.56 Å². The number of rotatable bonds is 6. The Morgan fingerprint density at radius 3 is 2.16 bits per heavy atom. The fraction of sp³-hybridized carbons (Fsp3) is 0.125. The Labute approximate surface area is 190 Å². The van der Waals surface area contributed by atoms with Crippen LogP contribution in [0.5, 0.6) is 0 Å². The summed E-state index contributed by atoms with van der Waals surface area (Å²) in [4.78, 5) is 0. The summed E-state index contributed by atoms with van der Waals surface area (Å²) in [6.45, 7) is 4.15. The number of para-hydroxylation sites is 1. The van der Waals surface area contributed by atoms with E-state index in [1.807, 2.05) is 60.7 Å². The standard InChI is InChI=1S/C24H21N7S/c1-17-13-15-20(16-14-17)30-23(19-9-5-3-6-10-19)25-27-24(30)32-18(2)22-26-28-29-31(22)21-11-7-4-8-12-21/h3-16,18H,1-2H3. The van der Waals surface area contributed by atoms with Crippen molar-refractivity contribution in [3.63, 3.8) is 0 Å². The number of nitrogens with zero attached hydrogens (tertiary/aromatic N) is 7. The zero-order valence-electron chi connectivity index (χ0n) is 17.7. The van der Waals surface area contributed by atoms with Gasteiger partial charge < -0.3 is 0 Å². The van der Waals surface area contributed by atoms with Crippen molar-refractivity contribution >= 4 is 11.8 Å². The van der Waals surface area contributed by atoms with E-state index in [2.05, 4.69) is 68.4 Å². The van der Waals surface area contributed by atoms with Gasteiger partial charge in [-0.15, -0.1) is 15.3 Å². The van der Waals surface area contributed by atoms with Crippen molar-refractivity contribution in [2.45, 2.75) is 24.3 Å². The molecule has 0 aliphatic rings. The molecule has 158 valence electrons. The van der Waals surface area contributed by atoms with E-state index in [-0.39, 0.29) is 5.25 Å². The van der Waals surface area contributed by atoms with Crippen molar-refractivity contribution in [2.75, 3.05) is 0 Å². The summed E-state index contributed by atoms with van der Waals surface area (Å²) in [7, 11) is 0. The van der Waals surface area contributed by atoms with E-state index in [9.17, 15) is 0 Å². The highest BCUT2D eigenvalue weighted by Crippen LogP contribution is 2.36. The SMILES string of the molecule is Cc1ccc(-n2c(SC(C)c3nnnn3-c3ccccc3)nnc2-c2ccccc2)cc1. The second kappa shape index (κ2) is 8.76. The maximum absolute atomic E-state index is 4.54. The number of thioether (sulfide) groups is 1. The Kier molecular flexibility index (Phi) is 5.51. The van der Waals surface area contributed by atoms with Crippen molar-refractivity contribution in [2.24, 2.45) is 0 Å². The van der Waals surface area contributed by atoms with Crippen molar-refractivity contribution in [3.8, 4) is 22.8 Å². The van der Waals surface area contributed by atoms with E-state index >= 15 is 0 Å². The molecule has 0 aliphatic heterocycles. The van der Waals surface area contributed by atoms with Gasteiger partial charge in [0.25, 0.3) is 0 Å². The van der Waals surface area contributed by atoms with Crippen LogP contribution >= 0.6 is 11.8 Å². The molecule has 5 rings (SSSR count). The molecule has 3 aromatic carbocycles. The van der Waals surface area contributed by atoms with Gasteiger partial charge in [-0.25, -0.2) is 0 Å². The zero-order valence-corrected chi connectivity index (χ0v) is 18.5. The highest BCUT2D eigenvalue weighted by molar-refractivity contribution is 7.99. The molecule has 2 heterocycles. The summed E-state index contributed by atoms with van der Waals surface area (Å²) < 4.78 is 3.86. The molecule has 0 saturated carbocycles. The summed E-state index contributed by atoms with van der Waals surface area (Å²) in [5.74, 6) is 1.55. The Balaban J connectivity index is 1.54. The maximum atomic E-state index is 4.54. The van der Waals surface area contributed by atoms with Gasteiger partial charge in [0.05, 0.1) is 10.9 Å². The summed E-state index contributed by atoms with van der Waals surface area (Å²) in [6, 6.07) is 28.4. The molecule has 0 fully saturated rings. The molecule has 0 amide bonds. The first kappa shape index (κ1) is 20.1. The third-order valence-electron chi connectivity index (χ3n) is 5.10. The topological polar surface area (TPSA) is 74.3 Å². The van der Waals surface area contributed by atoms with E-state index in [1.54, 1.807) is 16.4 Å². The molecule has 7 nitrogen and oxygen atoms in total. The Morgan fingerprint density at radius 2 is 1.44 bits per heavy atom. The van der Waals surface area contributed by atoms with Crippen LogP contribution in [0.2, 0.25) is 0 Å². The number of aromatic nitrogens is 7. The lowest BCUT2D eigenvalue weighted by Crippen LogP contribution is -2.06. The summed E-state index contributed by atoms with van der Waals surface area (Å²) >= 11 is 1.58. The van der Waals surface area contributed by atoms with Crippen molar-refractivity contribution < 1.29 is 0 Å². The minimum Gasteiger partial charge on any atom is -0.270 e. The lowest BCUT2D eigenvalue weighted by atomic mass is 10.2. The third-order valence-corrected chi connectivity index (χ3v) is 6.14. The van der Waals surface area contributed by atoms with Crippen LogP contribution in [0, 0.1) is 6.92 Å². The van der Waals surface area contributed by atoms with Crippen LogP contribution < -0.4 is 0 Å². The molecule has 1 atom stereocenters. The first-order valence-corrected chi connectivity index (χ1v) is 11.2. The monoisotopic (exact) mass is 439 g/mol. The van der Waals surface area contributed by atoms with Crippen LogP contribution in [-0.4, -0.2) is 35.0 Å².